The number of aryl methyl sites for hydroxylation is 1. The molecule has 0 unspecified atom stereocenters. The lowest BCUT2D eigenvalue weighted by atomic mass is 10.2. The maximum atomic E-state index is 9.30. The maximum Gasteiger partial charge on any atom is 0.146 e. The van der Waals surface area contributed by atoms with Crippen LogP contribution in [0.1, 0.15) is 12.6 Å². The molecule has 1 aromatic heterocycles. The molecule has 0 aliphatic carbocycles. The number of methoxy groups -OCH3 is 1. The van der Waals surface area contributed by atoms with Gasteiger partial charge in [0.05, 0.1) is 19.4 Å². The number of ether oxygens (including phenoxy) is 1. The maximum absolute atomic E-state index is 9.30. The quantitative estimate of drug-likeness (QED) is 0.829. The van der Waals surface area contributed by atoms with Gasteiger partial charge in [-0.3, -0.25) is 4.68 Å². The Hall–Kier alpha value is -1.55. The Bertz CT molecular complexity index is 477. The average molecular weight is 206 g/mol. The highest BCUT2D eigenvalue weighted by Crippen LogP contribution is 2.26. The van der Waals surface area contributed by atoms with E-state index in [0.717, 1.165) is 28.9 Å². The van der Waals surface area contributed by atoms with Crippen LogP contribution in [0.4, 0.5) is 0 Å². The Morgan fingerprint density at radius 3 is 2.87 bits per heavy atom. The summed E-state index contributed by atoms with van der Waals surface area (Å²) in [4.78, 5) is 0. The van der Waals surface area contributed by atoms with Crippen LogP contribution in [-0.2, 0) is 13.2 Å². The fourth-order valence-corrected chi connectivity index (χ4v) is 1.77. The van der Waals surface area contributed by atoms with Gasteiger partial charge in [0.1, 0.15) is 11.3 Å². The lowest BCUT2D eigenvalue weighted by Crippen LogP contribution is -2.01. The molecule has 2 aromatic rings. The van der Waals surface area contributed by atoms with Crippen LogP contribution in [0.3, 0.4) is 0 Å². The lowest BCUT2D eigenvalue weighted by Gasteiger charge is -2.00. The van der Waals surface area contributed by atoms with Crippen molar-refractivity contribution < 1.29 is 9.84 Å². The third-order valence-electron chi connectivity index (χ3n) is 2.51. The number of fused-ring (bicyclic) bond motifs is 1. The highest BCUT2D eigenvalue weighted by atomic mass is 16.5. The third kappa shape index (κ3) is 1.47. The minimum absolute atomic E-state index is 0.00247. The first kappa shape index (κ1) is 9.98. The smallest absolute Gasteiger partial charge is 0.146 e. The van der Waals surface area contributed by atoms with Gasteiger partial charge in [0.15, 0.2) is 0 Å². The van der Waals surface area contributed by atoms with Crippen molar-refractivity contribution in [3.05, 3.63) is 23.9 Å². The van der Waals surface area contributed by atoms with Gasteiger partial charge in [0.25, 0.3) is 0 Å². The van der Waals surface area contributed by atoms with Crippen molar-refractivity contribution in [3.63, 3.8) is 0 Å². The molecule has 80 valence electrons. The van der Waals surface area contributed by atoms with E-state index in [1.54, 1.807) is 11.8 Å². The van der Waals surface area contributed by atoms with Gasteiger partial charge in [-0.25, -0.2) is 0 Å². The van der Waals surface area contributed by atoms with Gasteiger partial charge >= 0.3 is 0 Å². The Morgan fingerprint density at radius 1 is 1.47 bits per heavy atom. The van der Waals surface area contributed by atoms with Crippen molar-refractivity contribution in [3.8, 4) is 5.75 Å². The Labute approximate surface area is 88.1 Å². The van der Waals surface area contributed by atoms with Gasteiger partial charge in [-0.05, 0) is 13.0 Å². The number of nitrogens with zero attached hydrogens (tertiary/aromatic N) is 2. The highest BCUT2D eigenvalue weighted by molar-refractivity contribution is 5.86. The number of hydrogen-bond acceptors (Lipinski definition) is 3. The molecule has 2 rings (SSSR count). The minimum atomic E-state index is -0.00247. The van der Waals surface area contributed by atoms with Crippen molar-refractivity contribution in [2.45, 2.75) is 20.1 Å². The molecular formula is C11H14N2O2. The van der Waals surface area contributed by atoms with Crippen LogP contribution in [0.5, 0.6) is 5.75 Å². The van der Waals surface area contributed by atoms with Crippen LogP contribution in [0.2, 0.25) is 0 Å². The van der Waals surface area contributed by atoms with Crippen molar-refractivity contribution in [2.75, 3.05) is 7.11 Å². The molecule has 0 atom stereocenters. The van der Waals surface area contributed by atoms with Gasteiger partial charge in [0, 0.05) is 11.9 Å². The molecule has 1 N–H and O–H groups in total. The second-order valence-corrected chi connectivity index (χ2v) is 3.28. The van der Waals surface area contributed by atoms with E-state index in [0.29, 0.717) is 0 Å². The van der Waals surface area contributed by atoms with Gasteiger partial charge in [0.2, 0.25) is 0 Å². The van der Waals surface area contributed by atoms with Gasteiger partial charge in [-0.1, -0.05) is 12.1 Å². The summed E-state index contributed by atoms with van der Waals surface area (Å²) in [6, 6.07) is 5.72. The van der Waals surface area contributed by atoms with E-state index in [1.165, 1.54) is 0 Å². The average Bonchev–Trinajstić information content (AvgIpc) is 2.66. The van der Waals surface area contributed by atoms with E-state index >= 15 is 0 Å². The molecule has 0 aliphatic rings. The number of rotatable bonds is 3. The molecule has 0 bridgehead atoms. The highest BCUT2D eigenvalue weighted by Gasteiger charge is 2.12. The molecule has 0 radical (unpaired) electrons. The van der Waals surface area contributed by atoms with E-state index in [2.05, 4.69) is 5.10 Å². The fourth-order valence-electron chi connectivity index (χ4n) is 1.77. The molecule has 4 nitrogen and oxygen atoms in total. The first-order valence-electron chi connectivity index (χ1n) is 4.95. The molecule has 15 heavy (non-hydrogen) atoms. The molecule has 0 saturated heterocycles. The predicted molar refractivity (Wildman–Crippen MR) is 57.9 cm³/mol. The molecular weight excluding hydrogens is 192 g/mol. The number of benzene rings is 1. The second kappa shape index (κ2) is 3.90. The summed E-state index contributed by atoms with van der Waals surface area (Å²) in [7, 11) is 1.62. The fraction of sp³-hybridized carbons (Fsp3) is 0.364. The Balaban J connectivity index is 2.75. The predicted octanol–water partition coefficient (Wildman–Crippen LogP) is 1.56. The van der Waals surface area contributed by atoms with Crippen LogP contribution in [0.15, 0.2) is 18.2 Å². The molecule has 0 saturated carbocycles. The van der Waals surface area contributed by atoms with E-state index in [1.807, 2.05) is 25.1 Å². The monoisotopic (exact) mass is 206 g/mol. The minimum Gasteiger partial charge on any atom is -0.494 e. The summed E-state index contributed by atoms with van der Waals surface area (Å²) >= 11 is 0. The zero-order valence-corrected chi connectivity index (χ0v) is 8.90. The molecule has 0 amide bonds. The van der Waals surface area contributed by atoms with E-state index in [4.69, 9.17) is 4.74 Å². The van der Waals surface area contributed by atoms with E-state index in [9.17, 15) is 5.11 Å². The summed E-state index contributed by atoms with van der Waals surface area (Å²) in [5.74, 6) is 0.745. The summed E-state index contributed by atoms with van der Waals surface area (Å²) in [6.45, 7) is 2.74. The zero-order chi connectivity index (χ0) is 10.8. The summed E-state index contributed by atoms with van der Waals surface area (Å²) in [5, 5.41) is 14.7. The molecule has 1 heterocycles. The van der Waals surface area contributed by atoms with E-state index in [-0.39, 0.29) is 6.61 Å². The van der Waals surface area contributed by atoms with Gasteiger partial charge < -0.3 is 9.84 Å². The second-order valence-electron chi connectivity index (χ2n) is 3.28. The normalized spacial score (nSPS) is 10.9. The van der Waals surface area contributed by atoms with Crippen LogP contribution in [0.25, 0.3) is 10.9 Å². The largest absolute Gasteiger partial charge is 0.494 e. The van der Waals surface area contributed by atoms with Gasteiger partial charge in [-0.15, -0.1) is 0 Å². The first-order chi connectivity index (χ1) is 7.31. The standard InChI is InChI=1S/C11H14N2O2/c1-3-13-9(7-14)8-5-4-6-10(15-2)11(8)12-13/h4-6,14H,3,7H2,1-2H3. The number of aliphatic hydroxyl groups is 1. The first-order valence-corrected chi connectivity index (χ1v) is 4.95. The molecule has 0 fully saturated rings. The van der Waals surface area contributed by atoms with Crippen LogP contribution < -0.4 is 4.74 Å². The van der Waals surface area contributed by atoms with Crippen molar-refractivity contribution in [1.82, 2.24) is 9.78 Å². The lowest BCUT2D eigenvalue weighted by molar-refractivity contribution is 0.270. The van der Waals surface area contributed by atoms with Crippen LogP contribution in [0, 0.1) is 0 Å². The summed E-state index contributed by atoms with van der Waals surface area (Å²) in [6.07, 6.45) is 0. The van der Waals surface area contributed by atoms with E-state index < -0.39 is 0 Å². The van der Waals surface area contributed by atoms with Crippen LogP contribution >= 0.6 is 0 Å². The molecule has 1 aromatic carbocycles. The Morgan fingerprint density at radius 2 is 2.27 bits per heavy atom. The Kier molecular flexibility index (Phi) is 2.60. The molecule has 0 spiro atoms. The summed E-state index contributed by atoms with van der Waals surface area (Å²) in [5.41, 5.74) is 1.65. The number of aliphatic hydroxyl groups excluding tert-OH is 1. The van der Waals surface area contributed by atoms with Crippen molar-refractivity contribution in [2.24, 2.45) is 0 Å². The number of aromatic nitrogens is 2. The van der Waals surface area contributed by atoms with Crippen molar-refractivity contribution >= 4 is 10.9 Å². The number of hydrogen-bond donors (Lipinski definition) is 1. The van der Waals surface area contributed by atoms with Crippen LogP contribution in [-0.4, -0.2) is 22.0 Å². The zero-order valence-electron chi connectivity index (χ0n) is 8.90. The summed E-state index contributed by atoms with van der Waals surface area (Å²) < 4.78 is 7.03. The molecule has 4 heteroatoms. The van der Waals surface area contributed by atoms with Gasteiger partial charge in [-0.2, -0.15) is 5.10 Å². The third-order valence-corrected chi connectivity index (χ3v) is 2.51. The SMILES string of the molecule is CCn1nc2c(OC)cccc2c1CO. The molecule has 0 aliphatic heterocycles. The van der Waals surface area contributed by atoms with Crippen molar-refractivity contribution in [1.29, 1.82) is 0 Å². The topological polar surface area (TPSA) is 47.3 Å².